The van der Waals surface area contributed by atoms with E-state index in [4.69, 9.17) is 5.73 Å². The van der Waals surface area contributed by atoms with E-state index in [0.717, 1.165) is 82.1 Å². The van der Waals surface area contributed by atoms with Crippen LogP contribution < -0.4 is 5.73 Å². The van der Waals surface area contributed by atoms with Gasteiger partial charge in [-0.25, -0.2) is 0 Å². The van der Waals surface area contributed by atoms with E-state index in [1.165, 1.54) is 0 Å². The molecule has 0 atom stereocenters. The molecule has 0 fully saturated rings. The van der Waals surface area contributed by atoms with Crippen molar-refractivity contribution in [1.82, 2.24) is 4.57 Å². The number of rotatable bonds is 11. The molecular formula is C33H38N2O3. The van der Waals surface area contributed by atoms with Crippen LogP contribution in [0.15, 0.2) is 72.3 Å². The van der Waals surface area contributed by atoms with E-state index in [9.17, 15) is 15.0 Å². The summed E-state index contributed by atoms with van der Waals surface area (Å²) in [6.45, 7) is 6.99. The summed E-state index contributed by atoms with van der Waals surface area (Å²) in [5, 5.41) is 21.0. The lowest BCUT2D eigenvalue weighted by Crippen LogP contribution is -2.16. The van der Waals surface area contributed by atoms with Crippen molar-refractivity contribution in [3.63, 3.8) is 0 Å². The lowest BCUT2D eigenvalue weighted by molar-refractivity contribution is -0.114. The second kappa shape index (κ2) is 12.0. The third kappa shape index (κ3) is 5.77. The first-order valence-corrected chi connectivity index (χ1v) is 13.6. The zero-order chi connectivity index (χ0) is 27.2. The zero-order valence-corrected chi connectivity index (χ0v) is 22.6. The van der Waals surface area contributed by atoms with Crippen LogP contribution in [0.5, 0.6) is 11.5 Å². The van der Waals surface area contributed by atoms with E-state index in [1.807, 2.05) is 18.2 Å². The molecule has 0 spiro atoms. The fourth-order valence-corrected chi connectivity index (χ4v) is 5.26. The number of carbonyl (C=O) groups excluding carboxylic acids is 1. The van der Waals surface area contributed by atoms with Crippen LogP contribution in [0.4, 0.5) is 0 Å². The molecule has 5 nitrogen and oxygen atoms in total. The molecule has 0 saturated carbocycles. The molecule has 0 unspecified atom stereocenters. The molecule has 5 heteroatoms. The third-order valence-corrected chi connectivity index (χ3v) is 7.31. The van der Waals surface area contributed by atoms with Gasteiger partial charge in [-0.05, 0) is 103 Å². The second-order valence-electron chi connectivity index (χ2n) is 10.0. The van der Waals surface area contributed by atoms with Crippen molar-refractivity contribution < 1.29 is 15.0 Å². The molecule has 3 aromatic carbocycles. The van der Waals surface area contributed by atoms with Gasteiger partial charge in [0.05, 0.1) is 5.69 Å². The van der Waals surface area contributed by atoms with Gasteiger partial charge in [-0.15, -0.1) is 0 Å². The highest BCUT2D eigenvalue weighted by atomic mass is 16.3. The summed E-state index contributed by atoms with van der Waals surface area (Å²) in [6, 6.07) is 21.2. The summed E-state index contributed by atoms with van der Waals surface area (Å²) in [7, 11) is 0. The molecule has 198 valence electrons. The van der Waals surface area contributed by atoms with Gasteiger partial charge in [-0.1, -0.05) is 51.0 Å². The van der Waals surface area contributed by atoms with Gasteiger partial charge >= 0.3 is 0 Å². The maximum absolute atomic E-state index is 12.4. The molecule has 4 rings (SSSR count). The van der Waals surface area contributed by atoms with E-state index >= 15 is 0 Å². The molecule has 38 heavy (non-hydrogen) atoms. The fraction of sp³-hybridized carbons (Fsp3) is 0.303. The Hall–Kier alpha value is -3.99. The van der Waals surface area contributed by atoms with Crippen molar-refractivity contribution in [2.24, 2.45) is 5.73 Å². The highest BCUT2D eigenvalue weighted by Gasteiger charge is 2.18. The smallest absolute Gasteiger partial charge is 0.244 e. The average molecular weight is 511 g/mol. The zero-order valence-electron chi connectivity index (χ0n) is 22.6. The van der Waals surface area contributed by atoms with Crippen LogP contribution >= 0.6 is 0 Å². The molecule has 1 aromatic heterocycles. The maximum Gasteiger partial charge on any atom is 0.244 e. The fourth-order valence-electron chi connectivity index (χ4n) is 5.26. The molecule has 0 radical (unpaired) electrons. The Labute approximate surface area is 225 Å². The largest absolute Gasteiger partial charge is 0.508 e. The molecule has 1 heterocycles. The number of primary amides is 1. The Balaban J connectivity index is 1.76. The van der Waals surface area contributed by atoms with E-state index in [-0.39, 0.29) is 17.4 Å². The number of phenols is 2. The van der Waals surface area contributed by atoms with Gasteiger partial charge in [0, 0.05) is 23.0 Å². The van der Waals surface area contributed by atoms with Crippen molar-refractivity contribution in [1.29, 1.82) is 0 Å². The molecule has 4 N–H and O–H groups in total. The number of hydrogen-bond donors (Lipinski definition) is 3. The van der Waals surface area contributed by atoms with Crippen LogP contribution in [0, 0.1) is 6.92 Å². The molecule has 0 bridgehead atoms. The first-order valence-electron chi connectivity index (χ1n) is 13.6. The monoisotopic (exact) mass is 510 g/mol. The molecule has 4 aromatic rings. The minimum Gasteiger partial charge on any atom is -0.508 e. The van der Waals surface area contributed by atoms with Crippen LogP contribution in [0.25, 0.3) is 27.7 Å². The summed E-state index contributed by atoms with van der Waals surface area (Å²) in [4.78, 5) is 12.4. The van der Waals surface area contributed by atoms with Crippen molar-refractivity contribution in [2.75, 3.05) is 0 Å². The van der Waals surface area contributed by atoms with Crippen LogP contribution in [0.3, 0.4) is 0 Å². The lowest BCUT2D eigenvalue weighted by Gasteiger charge is -2.16. The number of aromatic nitrogens is 1. The van der Waals surface area contributed by atoms with Gasteiger partial charge in [-0.3, -0.25) is 4.79 Å². The average Bonchev–Trinajstić information content (AvgIpc) is 3.17. The Morgan fingerprint density at radius 3 is 2.11 bits per heavy atom. The van der Waals surface area contributed by atoms with Crippen molar-refractivity contribution in [3.8, 4) is 22.8 Å². The second-order valence-corrected chi connectivity index (χ2v) is 10.0. The van der Waals surface area contributed by atoms with E-state index < -0.39 is 0 Å². The van der Waals surface area contributed by atoms with Crippen molar-refractivity contribution in [2.45, 2.75) is 65.8 Å². The number of unbranched alkanes of at least 4 members (excludes halogenated alkanes) is 2. The predicted molar refractivity (Wildman–Crippen MR) is 156 cm³/mol. The predicted octanol–water partition coefficient (Wildman–Crippen LogP) is 7.70. The Morgan fingerprint density at radius 2 is 1.47 bits per heavy atom. The summed E-state index contributed by atoms with van der Waals surface area (Å²) < 4.78 is 2.26. The highest BCUT2D eigenvalue weighted by Crippen LogP contribution is 2.36. The quantitative estimate of drug-likeness (QED) is 0.181. The number of phenolic OH excluding ortho intramolecular Hbond substituents is 2. The SMILES string of the molecule is CCCCC(C(N)=O)=C(CCCC)c1ccc(Cn2c(-c3ccc(O)cc3)c(C)c3cc(O)ccc32)cc1. The minimum atomic E-state index is -0.315. The van der Waals surface area contributed by atoms with E-state index in [0.29, 0.717) is 13.0 Å². The molecule has 0 aliphatic rings. The summed E-state index contributed by atoms with van der Waals surface area (Å²) >= 11 is 0. The first kappa shape index (κ1) is 27.1. The molecule has 0 saturated heterocycles. The summed E-state index contributed by atoms with van der Waals surface area (Å²) in [6.07, 6.45) is 5.58. The van der Waals surface area contributed by atoms with E-state index in [1.54, 1.807) is 24.3 Å². The van der Waals surface area contributed by atoms with Crippen LogP contribution in [-0.4, -0.2) is 20.7 Å². The number of hydrogen-bond acceptors (Lipinski definition) is 3. The number of carbonyl (C=O) groups is 1. The Bertz CT molecular complexity index is 1440. The highest BCUT2D eigenvalue weighted by molar-refractivity contribution is 6.00. The number of aryl methyl sites for hydroxylation is 1. The van der Waals surface area contributed by atoms with Gasteiger partial charge in [0.15, 0.2) is 0 Å². The molecular weight excluding hydrogens is 472 g/mol. The van der Waals surface area contributed by atoms with Gasteiger partial charge < -0.3 is 20.5 Å². The van der Waals surface area contributed by atoms with Crippen LogP contribution in [-0.2, 0) is 11.3 Å². The Kier molecular flexibility index (Phi) is 8.57. The van der Waals surface area contributed by atoms with Gasteiger partial charge in [0.1, 0.15) is 11.5 Å². The number of nitrogens with zero attached hydrogens (tertiary/aromatic N) is 1. The van der Waals surface area contributed by atoms with Gasteiger partial charge in [0.2, 0.25) is 5.91 Å². The number of aromatic hydroxyl groups is 2. The first-order chi connectivity index (χ1) is 18.3. The van der Waals surface area contributed by atoms with Gasteiger partial charge in [0.25, 0.3) is 0 Å². The van der Waals surface area contributed by atoms with Crippen molar-refractivity contribution >= 4 is 22.4 Å². The Morgan fingerprint density at radius 1 is 0.842 bits per heavy atom. The number of benzene rings is 3. The summed E-state index contributed by atoms with van der Waals surface area (Å²) in [5.41, 5.74) is 14.0. The van der Waals surface area contributed by atoms with Gasteiger partial charge in [-0.2, -0.15) is 0 Å². The minimum absolute atomic E-state index is 0.225. The number of allylic oxidation sites excluding steroid dienone is 1. The third-order valence-electron chi connectivity index (χ3n) is 7.31. The molecule has 0 aliphatic carbocycles. The molecule has 0 aliphatic heterocycles. The number of amides is 1. The van der Waals surface area contributed by atoms with Crippen LogP contribution in [0.1, 0.15) is 69.1 Å². The number of nitrogens with two attached hydrogens (primary N) is 1. The van der Waals surface area contributed by atoms with Crippen molar-refractivity contribution in [3.05, 3.63) is 89.0 Å². The standard InChI is InChI=1S/C33H38N2O3/c1-4-6-8-28(29(33(34)38)9-7-5-2)24-12-10-23(11-13-24)21-35-31-19-18-27(37)20-30(31)22(3)32(35)25-14-16-26(36)17-15-25/h10-20,36-37H,4-9,21H2,1-3H3,(H2,34,38). The molecule has 1 amide bonds. The maximum atomic E-state index is 12.4. The number of fused-ring (bicyclic) bond motifs is 1. The van der Waals surface area contributed by atoms with E-state index in [2.05, 4.69) is 49.6 Å². The summed E-state index contributed by atoms with van der Waals surface area (Å²) in [5.74, 6) is 0.146. The van der Waals surface area contributed by atoms with Crippen LogP contribution in [0.2, 0.25) is 0 Å². The lowest BCUT2D eigenvalue weighted by atomic mass is 9.91. The normalized spacial score (nSPS) is 12.1. The topological polar surface area (TPSA) is 88.5 Å².